The molecule has 0 aromatic heterocycles. The van der Waals surface area contributed by atoms with E-state index in [0.29, 0.717) is 5.92 Å². The summed E-state index contributed by atoms with van der Waals surface area (Å²) in [4.78, 5) is 0. The summed E-state index contributed by atoms with van der Waals surface area (Å²) in [5, 5.41) is 12.4. The van der Waals surface area contributed by atoms with E-state index in [0.717, 1.165) is 12.1 Å². The van der Waals surface area contributed by atoms with Crippen molar-refractivity contribution >= 4 is 5.71 Å². The molecular formula is C10H18N2O. The van der Waals surface area contributed by atoms with Crippen molar-refractivity contribution < 1.29 is 5.21 Å². The van der Waals surface area contributed by atoms with Crippen LogP contribution in [-0.2, 0) is 0 Å². The molecule has 3 N–H and O–H groups in total. The van der Waals surface area contributed by atoms with E-state index in [-0.39, 0.29) is 16.9 Å². The molecule has 2 rings (SSSR count). The molecule has 2 bridgehead atoms. The lowest BCUT2D eigenvalue weighted by atomic mass is 9.70. The van der Waals surface area contributed by atoms with Gasteiger partial charge in [0.15, 0.2) is 0 Å². The number of nitrogens with zero attached hydrogens (tertiary/aromatic N) is 1. The Morgan fingerprint density at radius 3 is 2.38 bits per heavy atom. The van der Waals surface area contributed by atoms with Gasteiger partial charge in [0, 0.05) is 5.41 Å². The van der Waals surface area contributed by atoms with Crippen molar-refractivity contribution in [1.29, 1.82) is 0 Å². The van der Waals surface area contributed by atoms with Crippen LogP contribution in [0.3, 0.4) is 0 Å². The van der Waals surface area contributed by atoms with E-state index in [9.17, 15) is 0 Å². The average Bonchev–Trinajstić information content (AvgIpc) is 2.32. The minimum atomic E-state index is -0.0289. The summed E-state index contributed by atoms with van der Waals surface area (Å²) < 4.78 is 0. The molecule has 3 nitrogen and oxygen atoms in total. The summed E-state index contributed by atoms with van der Waals surface area (Å²) in [6.45, 7) is 6.65. The zero-order chi connectivity index (χ0) is 9.85. The van der Waals surface area contributed by atoms with Crippen LogP contribution in [0.4, 0.5) is 0 Å². The van der Waals surface area contributed by atoms with Crippen LogP contribution in [0.2, 0.25) is 0 Å². The smallest absolute Gasteiger partial charge is 0.0804 e. The lowest BCUT2D eigenvalue weighted by molar-refractivity contribution is 0.186. The van der Waals surface area contributed by atoms with Gasteiger partial charge >= 0.3 is 0 Å². The van der Waals surface area contributed by atoms with Gasteiger partial charge in [0.05, 0.1) is 11.8 Å². The lowest BCUT2D eigenvalue weighted by Crippen LogP contribution is -2.39. The predicted octanol–water partition coefficient (Wildman–Crippen LogP) is 1.60. The second kappa shape index (κ2) is 2.27. The van der Waals surface area contributed by atoms with Gasteiger partial charge < -0.3 is 10.9 Å². The largest absolute Gasteiger partial charge is 0.411 e. The highest BCUT2D eigenvalue weighted by atomic mass is 16.4. The highest BCUT2D eigenvalue weighted by Gasteiger charge is 2.64. The van der Waals surface area contributed by atoms with Crippen molar-refractivity contribution in [2.24, 2.45) is 27.6 Å². The Bertz CT molecular complexity index is 272. The monoisotopic (exact) mass is 182 g/mol. The van der Waals surface area contributed by atoms with Crippen LogP contribution < -0.4 is 5.73 Å². The van der Waals surface area contributed by atoms with Crippen molar-refractivity contribution in [1.82, 2.24) is 0 Å². The van der Waals surface area contributed by atoms with Gasteiger partial charge in [-0.15, -0.1) is 0 Å². The van der Waals surface area contributed by atoms with E-state index in [1.807, 2.05) is 0 Å². The fourth-order valence-electron chi connectivity index (χ4n) is 3.36. The lowest BCUT2D eigenvalue weighted by Gasteiger charge is -2.33. The van der Waals surface area contributed by atoms with Crippen molar-refractivity contribution in [2.45, 2.75) is 39.7 Å². The molecule has 2 aliphatic rings. The molecule has 3 heteroatoms. The highest BCUT2D eigenvalue weighted by molar-refractivity contribution is 5.98. The second-order valence-electron chi connectivity index (χ2n) is 5.21. The Morgan fingerprint density at radius 2 is 2.08 bits per heavy atom. The topological polar surface area (TPSA) is 58.6 Å². The fraction of sp³-hybridized carbons (Fsp3) is 0.900. The molecule has 0 amide bonds. The first-order valence-corrected chi connectivity index (χ1v) is 4.93. The van der Waals surface area contributed by atoms with E-state index in [4.69, 9.17) is 10.9 Å². The maximum Gasteiger partial charge on any atom is 0.0804 e. The van der Waals surface area contributed by atoms with Gasteiger partial charge in [0.25, 0.3) is 0 Å². The van der Waals surface area contributed by atoms with Crippen LogP contribution in [0.1, 0.15) is 33.6 Å². The highest BCUT2D eigenvalue weighted by Crippen LogP contribution is 2.63. The maximum atomic E-state index is 8.96. The molecule has 0 aromatic rings. The van der Waals surface area contributed by atoms with E-state index in [1.54, 1.807) is 0 Å². The number of rotatable bonds is 0. The molecule has 0 saturated heterocycles. The van der Waals surface area contributed by atoms with Crippen molar-refractivity contribution in [2.75, 3.05) is 0 Å². The van der Waals surface area contributed by atoms with Gasteiger partial charge in [0.1, 0.15) is 0 Å². The zero-order valence-corrected chi connectivity index (χ0v) is 8.54. The van der Waals surface area contributed by atoms with Gasteiger partial charge in [-0.05, 0) is 24.2 Å². The summed E-state index contributed by atoms with van der Waals surface area (Å²) in [6.07, 6.45) is 2.28. The third kappa shape index (κ3) is 0.766. The quantitative estimate of drug-likeness (QED) is 0.441. The fourth-order valence-corrected chi connectivity index (χ4v) is 3.36. The number of hydrogen-bond acceptors (Lipinski definition) is 3. The minimum absolute atomic E-state index is 0.0197. The predicted molar refractivity (Wildman–Crippen MR) is 51.8 cm³/mol. The molecule has 2 saturated carbocycles. The summed E-state index contributed by atoms with van der Waals surface area (Å²) in [5.74, 6) is 0.489. The molecule has 74 valence electrons. The van der Waals surface area contributed by atoms with Crippen LogP contribution in [0, 0.1) is 16.7 Å². The normalized spacial score (nSPS) is 50.3. The molecular weight excluding hydrogens is 164 g/mol. The van der Waals surface area contributed by atoms with Gasteiger partial charge in [0.2, 0.25) is 0 Å². The van der Waals surface area contributed by atoms with Gasteiger partial charge in [-0.3, -0.25) is 0 Å². The molecule has 0 spiro atoms. The Labute approximate surface area is 79.0 Å². The molecule has 2 fully saturated rings. The number of fused-ring (bicyclic) bond motifs is 2. The SMILES string of the molecule is CC1(C)[C@@H]2CC[C@]1(C)/C(=N/O)[C@@H]2N. The first-order chi connectivity index (χ1) is 5.95. The molecule has 0 unspecified atom stereocenters. The summed E-state index contributed by atoms with van der Waals surface area (Å²) in [7, 11) is 0. The number of nitrogens with two attached hydrogens (primary N) is 1. The van der Waals surface area contributed by atoms with Gasteiger partial charge in [-0.2, -0.15) is 0 Å². The van der Waals surface area contributed by atoms with Crippen molar-refractivity contribution in [3.8, 4) is 0 Å². The van der Waals surface area contributed by atoms with Crippen LogP contribution in [-0.4, -0.2) is 17.0 Å². The molecule has 0 aromatic carbocycles. The van der Waals surface area contributed by atoms with Gasteiger partial charge in [-0.25, -0.2) is 0 Å². The standard InChI is InChI=1S/C10H18N2O/c1-9(2)6-4-5-10(9,3)8(12-13)7(6)11/h6-7,13H,4-5,11H2,1-3H3/b12-8+/t6-,7-,10-/m1/s1. The number of hydrogen-bond donors (Lipinski definition) is 2. The van der Waals surface area contributed by atoms with Crippen LogP contribution in [0.25, 0.3) is 0 Å². The van der Waals surface area contributed by atoms with Crippen molar-refractivity contribution in [3.63, 3.8) is 0 Å². The second-order valence-corrected chi connectivity index (χ2v) is 5.21. The minimum Gasteiger partial charge on any atom is -0.411 e. The Balaban J connectivity index is 2.52. The summed E-state index contributed by atoms with van der Waals surface area (Å²) in [5.41, 5.74) is 7.07. The van der Waals surface area contributed by atoms with Crippen LogP contribution in [0.15, 0.2) is 5.16 Å². The molecule has 0 radical (unpaired) electrons. The summed E-state index contributed by atoms with van der Waals surface area (Å²) in [6, 6.07) is -0.0289. The molecule has 0 aliphatic heterocycles. The third-order valence-electron chi connectivity index (χ3n) is 4.73. The Kier molecular flexibility index (Phi) is 1.57. The molecule has 2 aliphatic carbocycles. The van der Waals surface area contributed by atoms with E-state index >= 15 is 0 Å². The molecule has 0 heterocycles. The average molecular weight is 182 g/mol. The van der Waals surface area contributed by atoms with Crippen LogP contribution in [0.5, 0.6) is 0 Å². The maximum absolute atomic E-state index is 8.96. The first-order valence-electron chi connectivity index (χ1n) is 4.93. The Hall–Kier alpha value is -0.570. The van der Waals surface area contributed by atoms with E-state index in [1.165, 1.54) is 6.42 Å². The molecule has 13 heavy (non-hydrogen) atoms. The number of oxime groups is 1. The van der Waals surface area contributed by atoms with Gasteiger partial charge in [-0.1, -0.05) is 25.9 Å². The first kappa shape index (κ1) is 9.00. The van der Waals surface area contributed by atoms with Crippen molar-refractivity contribution in [3.05, 3.63) is 0 Å². The zero-order valence-electron chi connectivity index (χ0n) is 8.54. The third-order valence-corrected chi connectivity index (χ3v) is 4.73. The van der Waals surface area contributed by atoms with Crippen LogP contribution >= 0.6 is 0 Å². The summed E-state index contributed by atoms with van der Waals surface area (Å²) >= 11 is 0. The van der Waals surface area contributed by atoms with E-state index < -0.39 is 0 Å². The van der Waals surface area contributed by atoms with E-state index in [2.05, 4.69) is 25.9 Å². The Morgan fingerprint density at radius 1 is 1.46 bits per heavy atom. The molecule has 3 atom stereocenters.